The van der Waals surface area contributed by atoms with Gasteiger partial charge in [0.25, 0.3) is 0 Å². The molecular weight excluding hydrogens is 421 g/mol. The molecule has 2 aliphatic rings. The van der Waals surface area contributed by atoms with Crippen molar-refractivity contribution in [1.29, 1.82) is 0 Å². The Morgan fingerprint density at radius 1 is 0.968 bits per heavy atom. The molecule has 0 saturated heterocycles. The number of benzene rings is 2. The van der Waals surface area contributed by atoms with Crippen LogP contribution in [0.25, 0.3) is 0 Å². The van der Waals surface area contributed by atoms with Crippen molar-refractivity contribution in [1.82, 2.24) is 5.32 Å². The van der Waals surface area contributed by atoms with E-state index in [1.165, 1.54) is 25.0 Å². The summed E-state index contributed by atoms with van der Waals surface area (Å²) >= 11 is 5.52. The number of hydrogen-bond donors (Lipinski definition) is 2. The minimum atomic E-state index is -4.36. The first-order valence-corrected chi connectivity index (χ1v) is 11.3. The first kappa shape index (κ1) is 21.9. The molecule has 0 heterocycles. The lowest BCUT2D eigenvalue weighted by atomic mass is 9.87. The molecule has 0 aromatic heterocycles. The van der Waals surface area contributed by atoms with E-state index < -0.39 is 17.3 Å². The summed E-state index contributed by atoms with van der Waals surface area (Å²) in [7, 11) is 0. The van der Waals surface area contributed by atoms with Gasteiger partial charge in [-0.2, -0.15) is 13.2 Å². The molecule has 0 aliphatic heterocycles. The quantitative estimate of drug-likeness (QED) is 0.494. The second kappa shape index (κ2) is 9.07. The molecule has 0 spiro atoms. The van der Waals surface area contributed by atoms with Gasteiger partial charge in [-0.05, 0) is 92.7 Å². The van der Waals surface area contributed by atoms with Gasteiger partial charge in [0, 0.05) is 5.69 Å². The predicted molar refractivity (Wildman–Crippen MR) is 120 cm³/mol. The van der Waals surface area contributed by atoms with Crippen molar-refractivity contribution in [2.24, 2.45) is 0 Å². The molecule has 2 aliphatic carbocycles. The lowest BCUT2D eigenvalue weighted by Crippen LogP contribution is -2.45. The van der Waals surface area contributed by atoms with Gasteiger partial charge in [0.15, 0.2) is 5.11 Å². The first-order chi connectivity index (χ1) is 14.8. The first-order valence-electron chi connectivity index (χ1n) is 10.9. The zero-order valence-electron chi connectivity index (χ0n) is 17.3. The summed E-state index contributed by atoms with van der Waals surface area (Å²) < 4.78 is 45.7. The maximum Gasteiger partial charge on any atom is 0.416 e. The zero-order chi connectivity index (χ0) is 21.9. The van der Waals surface area contributed by atoms with Crippen molar-refractivity contribution < 1.29 is 17.9 Å². The fourth-order valence-corrected chi connectivity index (χ4v) is 4.97. The lowest BCUT2D eigenvalue weighted by Gasteiger charge is -2.33. The van der Waals surface area contributed by atoms with Gasteiger partial charge in [0.2, 0.25) is 0 Å². The number of ether oxygens (including phenoxy) is 1. The molecule has 2 aromatic rings. The number of hydrogen-bond acceptors (Lipinski definition) is 2. The summed E-state index contributed by atoms with van der Waals surface area (Å²) in [6, 6.07) is 13.2. The Balaban J connectivity index is 1.43. The number of nitrogens with one attached hydrogen (secondary N) is 2. The van der Waals surface area contributed by atoms with E-state index in [4.69, 9.17) is 17.0 Å². The molecule has 2 saturated carbocycles. The summed E-state index contributed by atoms with van der Waals surface area (Å²) in [5.41, 5.74) is 0.226. The minimum absolute atomic E-state index is 0.302. The van der Waals surface area contributed by atoms with E-state index in [1.54, 1.807) is 6.07 Å². The van der Waals surface area contributed by atoms with Gasteiger partial charge in [-0.1, -0.05) is 25.0 Å². The van der Waals surface area contributed by atoms with Crippen molar-refractivity contribution >= 4 is 23.0 Å². The highest BCUT2D eigenvalue weighted by molar-refractivity contribution is 7.80. The Hall–Kier alpha value is -2.28. The second-order valence-electron chi connectivity index (χ2n) is 8.50. The summed E-state index contributed by atoms with van der Waals surface area (Å²) in [4.78, 5) is 0. The maximum absolute atomic E-state index is 13.2. The molecule has 7 heteroatoms. The molecular formula is C24H27F3N2OS. The highest BCUT2D eigenvalue weighted by atomic mass is 32.1. The minimum Gasteiger partial charge on any atom is -0.490 e. The summed E-state index contributed by atoms with van der Waals surface area (Å²) in [6.45, 7) is 0. The molecule has 0 unspecified atom stereocenters. The third-order valence-corrected chi connectivity index (χ3v) is 6.47. The van der Waals surface area contributed by atoms with Crippen LogP contribution in [-0.4, -0.2) is 11.2 Å². The van der Waals surface area contributed by atoms with Gasteiger partial charge < -0.3 is 15.4 Å². The van der Waals surface area contributed by atoms with Gasteiger partial charge in [0.1, 0.15) is 5.75 Å². The lowest BCUT2D eigenvalue weighted by molar-refractivity contribution is -0.137. The summed E-state index contributed by atoms with van der Waals surface area (Å²) in [6.07, 6.45) is 3.95. The molecule has 2 fully saturated rings. The summed E-state index contributed by atoms with van der Waals surface area (Å²) in [5, 5.41) is 6.91. The van der Waals surface area contributed by atoms with Gasteiger partial charge >= 0.3 is 6.18 Å². The standard InChI is InChI=1S/C24H27F3N2OS/c25-24(26,27)18-7-5-6-17(16-18)23(14-3-4-15-23)29-22(31)28-19-10-12-21(13-11-19)30-20-8-1-2-9-20/h5-7,10-13,16,20H,1-4,8-9,14-15H2,(H2,28,29,31). The molecule has 4 rings (SSSR count). The average Bonchev–Trinajstić information content (AvgIpc) is 3.42. The number of anilines is 1. The predicted octanol–water partition coefficient (Wildman–Crippen LogP) is 6.78. The van der Waals surface area contributed by atoms with Gasteiger partial charge in [-0.3, -0.25) is 0 Å². The molecule has 0 amide bonds. The van der Waals surface area contributed by atoms with Crippen molar-refractivity contribution in [3.63, 3.8) is 0 Å². The van der Waals surface area contributed by atoms with Crippen molar-refractivity contribution in [2.45, 2.75) is 69.2 Å². The Labute approximate surface area is 186 Å². The van der Waals surface area contributed by atoms with Crippen LogP contribution in [0.5, 0.6) is 5.75 Å². The molecule has 0 bridgehead atoms. The molecule has 3 nitrogen and oxygen atoms in total. The molecule has 166 valence electrons. The van der Waals surface area contributed by atoms with Gasteiger partial charge in [0.05, 0.1) is 17.2 Å². The van der Waals surface area contributed by atoms with E-state index in [2.05, 4.69) is 10.6 Å². The molecule has 2 N–H and O–H groups in total. The molecule has 0 atom stereocenters. The smallest absolute Gasteiger partial charge is 0.416 e. The Bertz CT molecular complexity index is 902. The Kier molecular flexibility index (Phi) is 6.42. The van der Waals surface area contributed by atoms with Crippen molar-refractivity contribution in [3.05, 3.63) is 59.7 Å². The van der Waals surface area contributed by atoms with Crippen LogP contribution in [-0.2, 0) is 11.7 Å². The van der Waals surface area contributed by atoms with E-state index in [9.17, 15) is 13.2 Å². The van der Waals surface area contributed by atoms with E-state index >= 15 is 0 Å². The van der Waals surface area contributed by atoms with Crippen molar-refractivity contribution in [3.8, 4) is 5.75 Å². The Morgan fingerprint density at radius 3 is 2.29 bits per heavy atom. The van der Waals surface area contributed by atoms with Crippen LogP contribution in [0.2, 0.25) is 0 Å². The Morgan fingerprint density at radius 2 is 1.65 bits per heavy atom. The van der Waals surface area contributed by atoms with Crippen LogP contribution in [0.4, 0.5) is 18.9 Å². The highest BCUT2D eigenvalue weighted by Gasteiger charge is 2.38. The zero-order valence-corrected chi connectivity index (χ0v) is 18.1. The van der Waals surface area contributed by atoms with E-state index in [1.807, 2.05) is 24.3 Å². The maximum atomic E-state index is 13.2. The molecule has 0 radical (unpaired) electrons. The fraction of sp³-hybridized carbons (Fsp3) is 0.458. The monoisotopic (exact) mass is 448 g/mol. The number of rotatable bonds is 5. The van der Waals surface area contributed by atoms with Crippen molar-refractivity contribution in [2.75, 3.05) is 5.32 Å². The fourth-order valence-electron chi connectivity index (χ4n) is 4.65. The third kappa shape index (κ3) is 5.32. The average molecular weight is 449 g/mol. The van der Waals surface area contributed by atoms with Crippen LogP contribution >= 0.6 is 12.2 Å². The molecule has 2 aromatic carbocycles. The second-order valence-corrected chi connectivity index (χ2v) is 8.90. The molecule has 31 heavy (non-hydrogen) atoms. The number of alkyl halides is 3. The van der Waals surface area contributed by atoms with Crippen LogP contribution in [0.3, 0.4) is 0 Å². The topological polar surface area (TPSA) is 33.3 Å². The third-order valence-electron chi connectivity index (χ3n) is 6.27. The SMILES string of the molecule is FC(F)(F)c1cccc(C2(NC(=S)Nc3ccc(OC4CCCC4)cc3)CCCC2)c1. The highest BCUT2D eigenvalue weighted by Crippen LogP contribution is 2.41. The largest absolute Gasteiger partial charge is 0.490 e. The van der Waals surface area contributed by atoms with E-state index in [0.717, 1.165) is 56.0 Å². The van der Waals surface area contributed by atoms with Crippen LogP contribution in [0, 0.1) is 0 Å². The number of thiocarbonyl (C=S) groups is 1. The van der Waals surface area contributed by atoms with Crippen LogP contribution < -0.4 is 15.4 Å². The van der Waals surface area contributed by atoms with Crippen LogP contribution in [0.15, 0.2) is 48.5 Å². The number of halogens is 3. The van der Waals surface area contributed by atoms with Gasteiger partial charge in [-0.25, -0.2) is 0 Å². The van der Waals surface area contributed by atoms with E-state index in [-0.39, 0.29) is 0 Å². The van der Waals surface area contributed by atoms with Gasteiger partial charge in [-0.15, -0.1) is 0 Å². The normalized spacial score (nSPS) is 18.7. The van der Waals surface area contributed by atoms with E-state index in [0.29, 0.717) is 16.8 Å². The summed E-state index contributed by atoms with van der Waals surface area (Å²) in [5.74, 6) is 0.840. The van der Waals surface area contributed by atoms with Crippen LogP contribution in [0.1, 0.15) is 62.5 Å².